The number of nitrogens with zero attached hydrogens (tertiary/aromatic N) is 2. The Labute approximate surface area is 154 Å². The van der Waals surface area contributed by atoms with Crippen molar-refractivity contribution in [1.29, 1.82) is 0 Å². The second-order valence-electron chi connectivity index (χ2n) is 5.83. The zero-order chi connectivity index (χ0) is 18.1. The summed E-state index contributed by atoms with van der Waals surface area (Å²) in [6.07, 6.45) is 0.736. The van der Waals surface area contributed by atoms with Crippen LogP contribution < -0.4 is 10.1 Å². The Bertz CT molecular complexity index is 1030. The van der Waals surface area contributed by atoms with Gasteiger partial charge >= 0.3 is 0 Å². The molecule has 2 N–H and O–H groups in total. The second-order valence-corrected chi connectivity index (χ2v) is 6.24. The number of aliphatic imine (C=N–C) groups is 1. The van der Waals surface area contributed by atoms with E-state index in [2.05, 4.69) is 26.6 Å². The van der Waals surface area contributed by atoms with Crippen molar-refractivity contribution in [3.63, 3.8) is 0 Å². The van der Waals surface area contributed by atoms with Gasteiger partial charge in [-0.25, -0.2) is 0 Å². The summed E-state index contributed by atoms with van der Waals surface area (Å²) >= 11 is 6.07. The Morgan fingerprint density at radius 1 is 1.23 bits per heavy atom. The number of carbonyl (C=O) groups excluding carboxylic acids is 1. The Kier molecular flexibility index (Phi) is 4.18. The molecule has 3 aromatic rings. The minimum Gasteiger partial charge on any atom is -0.495 e. The topological polar surface area (TPSA) is 79.4 Å². The highest BCUT2D eigenvalue weighted by atomic mass is 35.5. The van der Waals surface area contributed by atoms with Gasteiger partial charge in [-0.3, -0.25) is 14.9 Å². The van der Waals surface area contributed by atoms with E-state index in [1.54, 1.807) is 24.3 Å². The molecule has 130 valence electrons. The van der Waals surface area contributed by atoms with E-state index < -0.39 is 0 Å². The lowest BCUT2D eigenvalue weighted by molar-refractivity contribution is 0.102. The number of carbonyl (C=O) groups is 1. The molecule has 1 aliphatic heterocycles. The maximum atomic E-state index is 12.4. The van der Waals surface area contributed by atoms with E-state index in [4.69, 9.17) is 16.3 Å². The van der Waals surface area contributed by atoms with Crippen LogP contribution in [0.25, 0.3) is 0 Å². The largest absolute Gasteiger partial charge is 0.495 e. The van der Waals surface area contributed by atoms with E-state index in [-0.39, 0.29) is 5.91 Å². The number of nitrogens with one attached hydrogen (secondary N) is 2. The molecule has 6 nitrogen and oxygen atoms in total. The highest BCUT2D eigenvalue weighted by Crippen LogP contribution is 2.28. The van der Waals surface area contributed by atoms with E-state index in [9.17, 15) is 4.79 Å². The van der Waals surface area contributed by atoms with E-state index in [0.717, 1.165) is 23.5 Å². The molecule has 0 saturated carbocycles. The van der Waals surface area contributed by atoms with Gasteiger partial charge in [-0.15, -0.1) is 0 Å². The van der Waals surface area contributed by atoms with Crippen LogP contribution in [-0.2, 0) is 6.42 Å². The van der Waals surface area contributed by atoms with Crippen molar-refractivity contribution in [2.24, 2.45) is 4.99 Å². The molecular formula is C19H15ClN4O2. The van der Waals surface area contributed by atoms with E-state index >= 15 is 0 Å². The number of amides is 1. The third-order valence-corrected chi connectivity index (χ3v) is 4.44. The van der Waals surface area contributed by atoms with E-state index in [1.165, 1.54) is 12.7 Å². The molecule has 0 aliphatic carbocycles. The van der Waals surface area contributed by atoms with Gasteiger partial charge in [0, 0.05) is 18.1 Å². The van der Waals surface area contributed by atoms with Crippen LogP contribution in [0, 0.1) is 0 Å². The summed E-state index contributed by atoms with van der Waals surface area (Å²) in [5.74, 6) is 0.643. The molecule has 0 unspecified atom stereocenters. The summed E-state index contributed by atoms with van der Waals surface area (Å²) < 4.78 is 5.09. The standard InChI is InChI=1S/C19H15ClN4O2/c1-26-17-7-6-12(8-13(17)20)19(25)22-18-10-16(23-24-18)15-9-11-4-2-3-5-14(11)21-15/h2-8,10H,9H2,1H3,(H2,22,23,24,25). The average Bonchev–Trinajstić information content (AvgIpc) is 3.28. The van der Waals surface area contributed by atoms with Crippen LogP contribution in [-0.4, -0.2) is 28.9 Å². The molecule has 4 rings (SSSR count). The van der Waals surface area contributed by atoms with Crippen LogP contribution in [0.4, 0.5) is 11.5 Å². The van der Waals surface area contributed by atoms with Gasteiger partial charge in [-0.1, -0.05) is 29.8 Å². The van der Waals surface area contributed by atoms with Gasteiger partial charge in [0.05, 0.1) is 29.2 Å². The molecule has 2 aromatic carbocycles. The number of rotatable bonds is 4. The number of fused-ring (bicyclic) bond motifs is 1. The van der Waals surface area contributed by atoms with Crippen LogP contribution in [0.2, 0.25) is 5.02 Å². The Morgan fingerprint density at radius 2 is 2.08 bits per heavy atom. The number of para-hydroxylation sites is 1. The molecule has 0 bridgehead atoms. The molecule has 1 aliphatic rings. The number of ether oxygens (including phenoxy) is 1. The maximum absolute atomic E-state index is 12.4. The molecule has 26 heavy (non-hydrogen) atoms. The monoisotopic (exact) mass is 366 g/mol. The first kappa shape index (κ1) is 16.4. The summed E-state index contributed by atoms with van der Waals surface area (Å²) in [4.78, 5) is 17.0. The van der Waals surface area contributed by atoms with Gasteiger partial charge in [0.2, 0.25) is 0 Å². The third-order valence-electron chi connectivity index (χ3n) is 4.15. The highest BCUT2D eigenvalue weighted by molar-refractivity contribution is 6.32. The molecule has 1 aromatic heterocycles. The predicted molar refractivity (Wildman–Crippen MR) is 101 cm³/mol. The molecule has 7 heteroatoms. The molecule has 0 radical (unpaired) electrons. The molecule has 0 spiro atoms. The summed E-state index contributed by atoms with van der Waals surface area (Å²) in [5.41, 5.74) is 4.24. The smallest absolute Gasteiger partial charge is 0.256 e. The van der Waals surface area contributed by atoms with Gasteiger partial charge in [-0.05, 0) is 29.8 Å². The minimum absolute atomic E-state index is 0.302. The van der Waals surface area contributed by atoms with Gasteiger partial charge in [0.1, 0.15) is 5.75 Å². The summed E-state index contributed by atoms with van der Waals surface area (Å²) in [5, 5.41) is 10.2. The second kappa shape index (κ2) is 6.65. The fourth-order valence-electron chi connectivity index (χ4n) is 2.82. The number of methoxy groups -OCH3 is 1. The molecule has 0 atom stereocenters. The number of benzene rings is 2. The molecular weight excluding hydrogens is 352 g/mol. The van der Waals surface area contributed by atoms with Crippen LogP contribution in [0.5, 0.6) is 5.75 Å². The van der Waals surface area contributed by atoms with Crippen LogP contribution in [0.3, 0.4) is 0 Å². The number of hydrogen-bond acceptors (Lipinski definition) is 4. The first-order valence-corrected chi connectivity index (χ1v) is 8.38. The van der Waals surface area contributed by atoms with Crippen molar-refractivity contribution in [2.75, 3.05) is 12.4 Å². The first-order valence-electron chi connectivity index (χ1n) is 8.00. The fraction of sp³-hybridized carbons (Fsp3) is 0.105. The number of H-pyrrole nitrogens is 1. The predicted octanol–water partition coefficient (Wildman–Crippen LogP) is 4.00. The molecule has 0 saturated heterocycles. The Hall–Kier alpha value is -3.12. The zero-order valence-corrected chi connectivity index (χ0v) is 14.7. The normalized spacial score (nSPS) is 12.5. The van der Waals surface area contributed by atoms with Gasteiger partial charge in [-0.2, -0.15) is 5.10 Å². The lowest BCUT2D eigenvalue weighted by Gasteiger charge is -2.05. The zero-order valence-electron chi connectivity index (χ0n) is 13.9. The van der Waals surface area contributed by atoms with Crippen LogP contribution in [0.15, 0.2) is 53.5 Å². The van der Waals surface area contributed by atoms with Crippen molar-refractivity contribution in [3.05, 3.63) is 70.4 Å². The van der Waals surface area contributed by atoms with Crippen LogP contribution in [0.1, 0.15) is 21.6 Å². The van der Waals surface area contributed by atoms with Crippen LogP contribution >= 0.6 is 11.6 Å². The summed E-state index contributed by atoms with van der Waals surface area (Å²) in [7, 11) is 1.52. The number of hydrogen-bond donors (Lipinski definition) is 2. The average molecular weight is 367 g/mol. The number of anilines is 1. The molecule has 2 heterocycles. The molecule has 0 fully saturated rings. The van der Waals surface area contributed by atoms with Crippen molar-refractivity contribution >= 4 is 34.7 Å². The summed E-state index contributed by atoms with van der Waals surface area (Å²) in [6.45, 7) is 0. The lowest BCUT2D eigenvalue weighted by atomic mass is 10.1. The summed E-state index contributed by atoms with van der Waals surface area (Å²) in [6, 6.07) is 14.6. The SMILES string of the molecule is COc1ccc(C(=O)Nc2cc(C3=Nc4ccccc4C3)[nH]n2)cc1Cl. The van der Waals surface area contributed by atoms with Crippen molar-refractivity contribution in [3.8, 4) is 5.75 Å². The van der Waals surface area contributed by atoms with Crippen molar-refractivity contribution < 1.29 is 9.53 Å². The highest BCUT2D eigenvalue weighted by Gasteiger charge is 2.18. The number of halogens is 1. The van der Waals surface area contributed by atoms with Gasteiger partial charge in [0.15, 0.2) is 5.82 Å². The van der Waals surface area contributed by atoms with E-state index in [1.807, 2.05) is 18.2 Å². The fourth-order valence-corrected chi connectivity index (χ4v) is 3.08. The number of aromatic nitrogens is 2. The third kappa shape index (κ3) is 3.07. The maximum Gasteiger partial charge on any atom is 0.256 e. The first-order chi connectivity index (χ1) is 12.6. The van der Waals surface area contributed by atoms with Gasteiger partial charge < -0.3 is 10.1 Å². The van der Waals surface area contributed by atoms with E-state index in [0.29, 0.717) is 22.2 Å². The minimum atomic E-state index is -0.302. The molecule has 1 amide bonds. The van der Waals surface area contributed by atoms with Gasteiger partial charge in [0.25, 0.3) is 5.91 Å². The number of aromatic amines is 1. The van der Waals surface area contributed by atoms with Crippen molar-refractivity contribution in [1.82, 2.24) is 10.2 Å². The lowest BCUT2D eigenvalue weighted by Crippen LogP contribution is -2.12. The Balaban J connectivity index is 1.49. The quantitative estimate of drug-likeness (QED) is 0.732. The Morgan fingerprint density at radius 3 is 2.85 bits per heavy atom. The van der Waals surface area contributed by atoms with Crippen molar-refractivity contribution in [2.45, 2.75) is 6.42 Å².